The van der Waals surface area contributed by atoms with Gasteiger partial charge < -0.3 is 4.74 Å². The average molecular weight is 415 g/mol. The number of hydrogen-bond donors (Lipinski definition) is 0. The number of esters is 1. The topological polar surface area (TPSA) is 68.2 Å². The molecule has 0 unspecified atom stereocenters. The molecule has 0 aromatic heterocycles. The van der Waals surface area contributed by atoms with Crippen molar-refractivity contribution >= 4 is 46.1 Å². The first-order valence-corrected chi connectivity index (χ1v) is 7.86. The minimum absolute atomic E-state index is 0.0669. The van der Waals surface area contributed by atoms with Crippen LogP contribution in [0.3, 0.4) is 0 Å². The molecule has 11 heteroatoms. The number of carbonyl (C=O) groups is 2. The second kappa shape index (κ2) is 8.59. The van der Waals surface area contributed by atoms with E-state index in [0.717, 1.165) is 36.3 Å². The smallest absolute Gasteiger partial charge is 0.440 e. The first-order chi connectivity index (χ1) is 12.0. The third-order valence-electron chi connectivity index (χ3n) is 3.30. The molecule has 0 aliphatic rings. The molecule has 0 bridgehead atoms. The Morgan fingerprint density at radius 3 is 2.19 bits per heavy atom. The van der Waals surface area contributed by atoms with Crippen LogP contribution in [-0.4, -0.2) is 37.6 Å². The third kappa shape index (κ3) is 4.59. The number of anilines is 1. The maximum absolute atomic E-state index is 13.3. The van der Waals surface area contributed by atoms with Gasteiger partial charge in [0.05, 0.1) is 7.11 Å². The number of benzene rings is 1. The Balaban J connectivity index is 3.10. The monoisotopic (exact) mass is 414 g/mol. The summed E-state index contributed by atoms with van der Waals surface area (Å²) < 4.78 is 44.0. The Morgan fingerprint density at radius 1 is 1.23 bits per heavy atom. The first kappa shape index (κ1) is 22.0. The number of alkyl halides is 4. The molecule has 0 fully saturated rings. The van der Waals surface area contributed by atoms with Gasteiger partial charge >= 0.3 is 18.2 Å². The zero-order valence-electron chi connectivity index (χ0n) is 13.9. The molecule has 1 rings (SSSR count). The maximum atomic E-state index is 13.3. The average Bonchev–Trinajstić information content (AvgIpc) is 2.62. The molecule has 0 aliphatic heterocycles. The second-order valence-electron chi connectivity index (χ2n) is 4.93. The lowest BCUT2D eigenvalue weighted by atomic mass is 9.97. The molecule has 144 valence electrons. The van der Waals surface area contributed by atoms with Gasteiger partial charge in [-0.2, -0.15) is 13.2 Å². The zero-order chi connectivity index (χ0) is 20.1. The highest BCUT2D eigenvalue weighted by atomic mass is 35.5. The largest absolute Gasteiger partial charge is 0.467 e. The summed E-state index contributed by atoms with van der Waals surface area (Å²) >= 11 is 11.2. The summed E-state index contributed by atoms with van der Waals surface area (Å²) in [6.45, 7) is 1.70. The minimum atomic E-state index is -5.10. The van der Waals surface area contributed by atoms with Crippen LogP contribution in [0.1, 0.15) is 18.9 Å². The van der Waals surface area contributed by atoms with E-state index in [-0.39, 0.29) is 10.9 Å². The number of hydrogen-bond acceptors (Lipinski definition) is 5. The van der Waals surface area contributed by atoms with Crippen LogP contribution in [0.4, 0.5) is 23.7 Å². The predicted molar refractivity (Wildman–Crippen MR) is 90.5 cm³/mol. The van der Waals surface area contributed by atoms with Crippen molar-refractivity contribution in [1.82, 2.24) is 0 Å². The van der Waals surface area contributed by atoms with Crippen LogP contribution in [0.5, 0.6) is 0 Å². The van der Waals surface area contributed by atoms with Crippen molar-refractivity contribution in [3.05, 3.63) is 29.8 Å². The molecule has 1 aromatic carbocycles. The lowest BCUT2D eigenvalue weighted by molar-refractivity contribution is -0.189. The van der Waals surface area contributed by atoms with Gasteiger partial charge in [-0.05, 0) is 17.7 Å². The van der Waals surface area contributed by atoms with Gasteiger partial charge in [-0.15, -0.1) is 0 Å². The summed E-state index contributed by atoms with van der Waals surface area (Å²) in [4.78, 5) is 25.6. The minimum Gasteiger partial charge on any atom is -0.467 e. The molecule has 0 heterocycles. The van der Waals surface area contributed by atoms with Crippen LogP contribution in [-0.2, 0) is 19.2 Å². The van der Waals surface area contributed by atoms with Crippen LogP contribution in [0.25, 0.3) is 0 Å². The van der Waals surface area contributed by atoms with Crippen molar-refractivity contribution in [2.75, 3.05) is 19.1 Å². The van der Waals surface area contributed by atoms with Crippen molar-refractivity contribution < 1.29 is 32.3 Å². The number of rotatable bonds is 5. The fraction of sp³-hybridized carbons (Fsp3) is 0.400. The summed E-state index contributed by atoms with van der Waals surface area (Å²) in [6, 6.07) is 4.23. The number of ether oxygens (including phenoxy) is 1. The summed E-state index contributed by atoms with van der Waals surface area (Å²) in [5.74, 6) is -1.67. The van der Waals surface area contributed by atoms with Crippen molar-refractivity contribution in [3.8, 4) is 0 Å². The molecular formula is C15H15Cl2F3N2O4. The number of oxime groups is 1. The van der Waals surface area contributed by atoms with Crippen molar-refractivity contribution in [2.24, 2.45) is 5.16 Å². The molecule has 1 aromatic rings. The Bertz CT molecular complexity index is 695. The Hall–Kier alpha value is -2.00. The normalized spacial score (nSPS) is 14.4. The molecule has 0 N–H and O–H groups in total. The lowest BCUT2D eigenvalue weighted by Crippen LogP contribution is -2.45. The van der Waals surface area contributed by atoms with E-state index in [2.05, 4.69) is 14.7 Å². The molecule has 26 heavy (non-hydrogen) atoms. The van der Waals surface area contributed by atoms with Crippen molar-refractivity contribution in [2.45, 2.75) is 24.4 Å². The highest BCUT2D eigenvalue weighted by molar-refractivity contribution is 6.65. The van der Waals surface area contributed by atoms with Gasteiger partial charge in [-0.3, -0.25) is 9.74 Å². The van der Waals surface area contributed by atoms with E-state index in [4.69, 9.17) is 23.2 Å². The maximum Gasteiger partial charge on any atom is 0.440 e. The highest BCUT2D eigenvalue weighted by Gasteiger charge is 2.61. The van der Waals surface area contributed by atoms with Gasteiger partial charge in [0.1, 0.15) is 5.17 Å². The quantitative estimate of drug-likeness (QED) is 0.235. The van der Waals surface area contributed by atoms with Crippen molar-refractivity contribution in [3.63, 3.8) is 0 Å². The standard InChI is InChI=1S/C15H15Cl2F3N2O4/c1-4-11(16)21-26-13(24)22(2)10-7-5-9(6-8-10)14(17,12(23)25-3)15(18,19)20/h5-8H,4H2,1-3H3/t14-/m1/s1. The Labute approximate surface area is 157 Å². The molecule has 0 saturated carbocycles. The first-order valence-electron chi connectivity index (χ1n) is 7.10. The summed E-state index contributed by atoms with van der Waals surface area (Å²) in [6.07, 6.45) is -5.65. The van der Waals surface area contributed by atoms with E-state index in [0.29, 0.717) is 6.42 Å². The van der Waals surface area contributed by atoms with Crippen LogP contribution in [0.2, 0.25) is 0 Å². The number of methoxy groups -OCH3 is 1. The number of halogens is 5. The van der Waals surface area contributed by atoms with E-state index >= 15 is 0 Å². The van der Waals surface area contributed by atoms with Crippen LogP contribution in [0, 0.1) is 0 Å². The van der Waals surface area contributed by atoms with E-state index in [1.165, 1.54) is 7.05 Å². The lowest BCUT2D eigenvalue weighted by Gasteiger charge is -2.27. The van der Waals surface area contributed by atoms with Gasteiger partial charge in [0.25, 0.3) is 4.87 Å². The fourth-order valence-corrected chi connectivity index (χ4v) is 2.01. The van der Waals surface area contributed by atoms with Crippen LogP contribution < -0.4 is 4.90 Å². The van der Waals surface area contributed by atoms with Gasteiger partial charge in [-0.25, -0.2) is 9.59 Å². The van der Waals surface area contributed by atoms with Crippen molar-refractivity contribution in [1.29, 1.82) is 0 Å². The van der Waals surface area contributed by atoms with Gasteiger partial charge in [0, 0.05) is 19.2 Å². The fourth-order valence-electron chi connectivity index (χ4n) is 1.77. The summed E-state index contributed by atoms with van der Waals surface area (Å²) in [7, 11) is 2.11. The van der Waals surface area contributed by atoms with E-state index in [9.17, 15) is 22.8 Å². The molecular weight excluding hydrogens is 400 g/mol. The van der Waals surface area contributed by atoms with E-state index < -0.39 is 28.7 Å². The van der Waals surface area contributed by atoms with Gasteiger partial charge in [-0.1, -0.05) is 47.4 Å². The Morgan fingerprint density at radius 2 is 1.77 bits per heavy atom. The summed E-state index contributed by atoms with van der Waals surface area (Å²) in [5, 5.41) is 3.44. The number of carbonyl (C=O) groups excluding carboxylic acids is 2. The predicted octanol–water partition coefficient (Wildman–Crippen LogP) is 4.39. The van der Waals surface area contributed by atoms with Crippen LogP contribution in [0.15, 0.2) is 29.4 Å². The molecule has 0 spiro atoms. The number of nitrogens with zero attached hydrogens (tertiary/aromatic N) is 2. The van der Waals surface area contributed by atoms with Gasteiger partial charge in [0.2, 0.25) is 0 Å². The molecule has 1 amide bonds. The van der Waals surface area contributed by atoms with Crippen LogP contribution >= 0.6 is 23.2 Å². The molecule has 0 aliphatic carbocycles. The molecule has 1 atom stereocenters. The zero-order valence-corrected chi connectivity index (χ0v) is 15.4. The second-order valence-corrected chi connectivity index (χ2v) is 5.94. The third-order valence-corrected chi connectivity index (χ3v) is 4.22. The molecule has 6 nitrogen and oxygen atoms in total. The highest BCUT2D eigenvalue weighted by Crippen LogP contribution is 2.46. The molecule has 0 saturated heterocycles. The Kier molecular flexibility index (Phi) is 7.28. The summed E-state index contributed by atoms with van der Waals surface area (Å²) in [5.41, 5.74) is -0.385. The van der Waals surface area contributed by atoms with E-state index in [1.807, 2.05) is 0 Å². The molecule has 0 radical (unpaired) electrons. The SMILES string of the molecule is CCC(Cl)=NOC(=O)N(C)c1ccc([C@@](Cl)(C(=O)OC)C(F)(F)F)cc1. The number of amides is 1. The van der Waals surface area contributed by atoms with E-state index in [1.54, 1.807) is 6.92 Å². The van der Waals surface area contributed by atoms with Gasteiger partial charge in [0.15, 0.2) is 0 Å².